The molecule has 0 bridgehead atoms. The van der Waals surface area contributed by atoms with Crippen molar-refractivity contribution >= 4 is 28.7 Å². The lowest BCUT2D eigenvalue weighted by Crippen LogP contribution is -2.42. The molecule has 2 fully saturated rings. The van der Waals surface area contributed by atoms with Crippen LogP contribution in [0.25, 0.3) is 10.9 Å². The van der Waals surface area contributed by atoms with E-state index in [2.05, 4.69) is 5.16 Å². The molecule has 2 aromatic rings. The van der Waals surface area contributed by atoms with Crippen molar-refractivity contribution in [1.29, 1.82) is 0 Å². The van der Waals surface area contributed by atoms with Crippen LogP contribution in [0.3, 0.4) is 0 Å². The third kappa shape index (κ3) is 2.06. The highest BCUT2D eigenvalue weighted by Gasteiger charge is 2.62. The summed E-state index contributed by atoms with van der Waals surface area (Å²) in [6.07, 6.45) is 0. The fraction of sp³-hybridized carbons (Fsp3) is 0.412. The minimum absolute atomic E-state index is 0.0108. The second kappa shape index (κ2) is 5.30. The van der Waals surface area contributed by atoms with E-state index in [0.29, 0.717) is 17.4 Å². The Kier molecular flexibility index (Phi) is 3.31. The average Bonchev–Trinajstić information content (AvgIpc) is 3.26. The number of hydrogen-bond acceptors (Lipinski definition) is 5. The molecule has 0 saturated carbocycles. The van der Waals surface area contributed by atoms with Crippen molar-refractivity contribution in [2.24, 2.45) is 11.3 Å². The third-order valence-corrected chi connectivity index (χ3v) is 5.30. The lowest BCUT2D eigenvalue weighted by Gasteiger charge is -2.24. The van der Waals surface area contributed by atoms with Crippen molar-refractivity contribution in [3.05, 3.63) is 30.0 Å². The summed E-state index contributed by atoms with van der Waals surface area (Å²) >= 11 is 0. The van der Waals surface area contributed by atoms with Gasteiger partial charge in [0.25, 0.3) is 5.91 Å². The van der Waals surface area contributed by atoms with Gasteiger partial charge >= 0.3 is 5.97 Å². The molecule has 2 saturated heterocycles. The van der Waals surface area contributed by atoms with E-state index in [-0.39, 0.29) is 31.3 Å². The largest absolute Gasteiger partial charge is 0.481 e. The zero-order valence-electron chi connectivity index (χ0n) is 13.6. The van der Waals surface area contributed by atoms with Gasteiger partial charge in [-0.05, 0) is 19.1 Å². The molecule has 0 radical (unpaired) electrons. The van der Waals surface area contributed by atoms with Gasteiger partial charge in [0.15, 0.2) is 0 Å². The smallest absolute Gasteiger partial charge is 0.314 e. The van der Waals surface area contributed by atoms with Gasteiger partial charge < -0.3 is 19.4 Å². The first-order chi connectivity index (χ1) is 12.0. The summed E-state index contributed by atoms with van der Waals surface area (Å²) in [5.41, 5.74) is -0.690. The molecule has 2 amide bonds. The summed E-state index contributed by atoms with van der Waals surface area (Å²) in [5, 5.41) is 14.2. The second-order valence-electron chi connectivity index (χ2n) is 6.58. The summed E-state index contributed by atoms with van der Waals surface area (Å²) in [5.74, 6) is -2.32. The third-order valence-electron chi connectivity index (χ3n) is 5.30. The number of benzene rings is 1. The van der Waals surface area contributed by atoms with Crippen molar-refractivity contribution in [3.8, 4) is 0 Å². The fourth-order valence-electron chi connectivity index (χ4n) is 3.92. The molecular weight excluding hydrogens is 326 g/mol. The van der Waals surface area contributed by atoms with Crippen LogP contribution in [0.4, 0.5) is 0 Å². The Morgan fingerprint density at radius 1 is 1.36 bits per heavy atom. The number of nitrogens with zero attached hydrogens (tertiary/aromatic N) is 3. The highest BCUT2D eigenvalue weighted by atomic mass is 16.5. The molecule has 2 aliphatic rings. The van der Waals surface area contributed by atoms with Crippen LogP contribution in [0.5, 0.6) is 0 Å². The molecule has 25 heavy (non-hydrogen) atoms. The van der Waals surface area contributed by atoms with Gasteiger partial charge in [0, 0.05) is 26.2 Å². The lowest BCUT2D eigenvalue weighted by molar-refractivity contribution is -0.149. The summed E-state index contributed by atoms with van der Waals surface area (Å²) in [6.45, 7) is 2.48. The predicted molar refractivity (Wildman–Crippen MR) is 85.7 cm³/mol. The van der Waals surface area contributed by atoms with Crippen LogP contribution < -0.4 is 0 Å². The molecule has 2 atom stereocenters. The van der Waals surface area contributed by atoms with Crippen molar-refractivity contribution in [2.45, 2.75) is 6.92 Å². The Bertz CT molecular complexity index is 891. The normalized spacial score (nSPS) is 25.6. The maximum Gasteiger partial charge on any atom is 0.314 e. The van der Waals surface area contributed by atoms with Crippen LogP contribution in [-0.2, 0) is 9.59 Å². The SMILES string of the molecule is CCN1C[C@]2(C(=O)O)CN(C(=O)c3onc4ccccc34)C[C@@H]2C1=O. The Balaban J connectivity index is 1.67. The number of carbonyl (C=O) groups excluding carboxylic acids is 2. The summed E-state index contributed by atoms with van der Waals surface area (Å²) in [7, 11) is 0. The molecule has 0 unspecified atom stereocenters. The molecule has 0 aliphatic carbocycles. The van der Waals surface area contributed by atoms with E-state index in [1.165, 1.54) is 4.90 Å². The molecule has 1 N–H and O–H groups in total. The van der Waals surface area contributed by atoms with Crippen molar-refractivity contribution in [3.63, 3.8) is 0 Å². The molecule has 2 aliphatic heterocycles. The average molecular weight is 343 g/mol. The van der Waals surface area contributed by atoms with Gasteiger partial charge in [0.2, 0.25) is 11.7 Å². The number of carboxylic acid groups (broad SMARTS) is 1. The van der Waals surface area contributed by atoms with E-state index >= 15 is 0 Å². The highest BCUT2D eigenvalue weighted by molar-refractivity contribution is 6.04. The van der Waals surface area contributed by atoms with Crippen LogP contribution in [-0.4, -0.2) is 64.0 Å². The van der Waals surface area contributed by atoms with Gasteiger partial charge in [0.1, 0.15) is 10.9 Å². The van der Waals surface area contributed by atoms with Crippen molar-refractivity contribution in [2.75, 3.05) is 26.2 Å². The van der Waals surface area contributed by atoms with Crippen LogP contribution in [0, 0.1) is 11.3 Å². The van der Waals surface area contributed by atoms with E-state index in [9.17, 15) is 19.5 Å². The van der Waals surface area contributed by atoms with Gasteiger partial charge in [-0.15, -0.1) is 0 Å². The zero-order valence-corrected chi connectivity index (χ0v) is 13.6. The number of hydrogen-bond donors (Lipinski definition) is 1. The number of rotatable bonds is 3. The molecule has 130 valence electrons. The van der Waals surface area contributed by atoms with Crippen LogP contribution in [0.1, 0.15) is 17.5 Å². The number of carboxylic acids is 1. The standard InChI is InChI=1S/C17H17N3O5/c1-2-19-8-17(16(23)24)9-20(7-11(17)14(19)21)15(22)13-10-5-3-4-6-12(10)18-25-13/h3-6,11H,2,7-9H2,1H3,(H,23,24)/t11-,17+/m1/s1. The molecule has 0 spiro atoms. The number of aliphatic carboxylic acids is 1. The number of amides is 2. The minimum Gasteiger partial charge on any atom is -0.481 e. The zero-order chi connectivity index (χ0) is 17.8. The second-order valence-corrected chi connectivity index (χ2v) is 6.58. The van der Waals surface area contributed by atoms with E-state index in [1.54, 1.807) is 29.2 Å². The van der Waals surface area contributed by atoms with Gasteiger partial charge in [-0.25, -0.2) is 0 Å². The lowest BCUT2D eigenvalue weighted by atomic mass is 9.81. The van der Waals surface area contributed by atoms with Crippen LogP contribution >= 0.6 is 0 Å². The predicted octanol–water partition coefficient (Wildman–Crippen LogP) is 0.833. The monoisotopic (exact) mass is 343 g/mol. The highest BCUT2D eigenvalue weighted by Crippen LogP contribution is 2.44. The van der Waals surface area contributed by atoms with Gasteiger partial charge in [0.05, 0.1) is 11.3 Å². The molecule has 1 aromatic heterocycles. The van der Waals surface area contributed by atoms with E-state index in [0.717, 1.165) is 0 Å². The van der Waals surface area contributed by atoms with E-state index < -0.39 is 23.2 Å². The quantitative estimate of drug-likeness (QED) is 0.885. The van der Waals surface area contributed by atoms with Gasteiger partial charge in [-0.2, -0.15) is 0 Å². The maximum absolute atomic E-state index is 12.9. The van der Waals surface area contributed by atoms with Gasteiger partial charge in [-0.1, -0.05) is 17.3 Å². The Hall–Kier alpha value is -2.90. The number of likely N-dealkylation sites (tertiary alicyclic amines) is 2. The molecule has 8 nitrogen and oxygen atoms in total. The number of fused-ring (bicyclic) bond motifs is 2. The summed E-state index contributed by atoms with van der Waals surface area (Å²) in [4.78, 5) is 40.2. The molecule has 4 rings (SSSR count). The first kappa shape index (κ1) is 15.6. The topological polar surface area (TPSA) is 104 Å². The summed E-state index contributed by atoms with van der Waals surface area (Å²) < 4.78 is 5.19. The molecule has 3 heterocycles. The van der Waals surface area contributed by atoms with Gasteiger partial charge in [-0.3, -0.25) is 14.4 Å². The summed E-state index contributed by atoms with van der Waals surface area (Å²) in [6, 6.07) is 7.02. The maximum atomic E-state index is 12.9. The van der Waals surface area contributed by atoms with Crippen molar-refractivity contribution in [1.82, 2.24) is 15.0 Å². The van der Waals surface area contributed by atoms with E-state index in [4.69, 9.17) is 4.52 Å². The Morgan fingerprint density at radius 2 is 2.12 bits per heavy atom. The van der Waals surface area contributed by atoms with Crippen LogP contribution in [0.2, 0.25) is 0 Å². The molecule has 8 heteroatoms. The minimum atomic E-state index is -1.25. The molecule has 1 aromatic carbocycles. The Morgan fingerprint density at radius 3 is 2.80 bits per heavy atom. The number of aromatic nitrogens is 1. The molecular formula is C17H17N3O5. The first-order valence-electron chi connectivity index (χ1n) is 8.14. The van der Waals surface area contributed by atoms with E-state index in [1.807, 2.05) is 6.92 Å². The fourth-order valence-corrected chi connectivity index (χ4v) is 3.92. The Labute approximate surface area is 143 Å². The first-order valence-corrected chi connectivity index (χ1v) is 8.14. The number of carbonyl (C=O) groups is 3. The van der Waals surface area contributed by atoms with Crippen LogP contribution in [0.15, 0.2) is 28.8 Å². The van der Waals surface area contributed by atoms with Crippen molar-refractivity contribution < 1.29 is 24.0 Å².